The molecular formula is C20H21N3O4. The van der Waals surface area contributed by atoms with Crippen LogP contribution in [0.25, 0.3) is 6.08 Å². The van der Waals surface area contributed by atoms with E-state index in [0.717, 1.165) is 0 Å². The molecule has 2 aromatic rings. The summed E-state index contributed by atoms with van der Waals surface area (Å²) >= 11 is 0. The minimum Gasteiger partial charge on any atom is -0.339 e. The van der Waals surface area contributed by atoms with E-state index in [1.165, 1.54) is 18.2 Å². The van der Waals surface area contributed by atoms with E-state index in [1.54, 1.807) is 47.4 Å². The van der Waals surface area contributed by atoms with Gasteiger partial charge in [-0.1, -0.05) is 6.07 Å². The van der Waals surface area contributed by atoms with Crippen LogP contribution >= 0.6 is 0 Å². The number of benzene rings is 2. The lowest BCUT2D eigenvalue weighted by atomic mass is 10.1. The number of nitrogens with one attached hydrogen (secondary N) is 1. The summed E-state index contributed by atoms with van der Waals surface area (Å²) in [7, 11) is 0. The first-order chi connectivity index (χ1) is 12.9. The van der Waals surface area contributed by atoms with Crippen molar-refractivity contribution in [3.05, 3.63) is 75.8 Å². The highest BCUT2D eigenvalue weighted by atomic mass is 16.6. The number of hydrogen-bond donors (Lipinski definition) is 1. The molecule has 0 unspecified atom stereocenters. The Kier molecular flexibility index (Phi) is 6.82. The lowest BCUT2D eigenvalue weighted by Gasteiger charge is -2.18. The molecule has 2 aromatic carbocycles. The van der Waals surface area contributed by atoms with Crippen LogP contribution in [0.2, 0.25) is 0 Å². The lowest BCUT2D eigenvalue weighted by molar-refractivity contribution is -0.384. The van der Waals surface area contributed by atoms with Crippen molar-refractivity contribution in [1.29, 1.82) is 0 Å². The first-order valence-corrected chi connectivity index (χ1v) is 8.57. The summed E-state index contributed by atoms with van der Waals surface area (Å²) in [6.07, 6.45) is 2.89. The van der Waals surface area contributed by atoms with Crippen molar-refractivity contribution < 1.29 is 14.5 Å². The second-order valence-electron chi connectivity index (χ2n) is 5.73. The first kappa shape index (κ1) is 19.8. The van der Waals surface area contributed by atoms with Crippen LogP contribution in [0.3, 0.4) is 0 Å². The van der Waals surface area contributed by atoms with Gasteiger partial charge in [0.2, 0.25) is 5.91 Å². The molecule has 0 aromatic heterocycles. The number of carbonyl (C=O) groups is 2. The van der Waals surface area contributed by atoms with Gasteiger partial charge in [0.1, 0.15) is 0 Å². The maximum atomic E-state index is 12.4. The standard InChI is InChI=1S/C20H21N3O4/c1-3-22(4-2)20(25)16-6-5-7-17(14-16)21-19(24)13-10-15-8-11-18(12-9-15)23(26)27/h5-14H,3-4H2,1-2H3,(H,21,24)/b13-10+. The molecule has 0 atom stereocenters. The molecule has 0 fully saturated rings. The number of nitro groups is 1. The van der Waals surface area contributed by atoms with Gasteiger partial charge >= 0.3 is 0 Å². The Morgan fingerprint density at radius 3 is 2.37 bits per heavy atom. The lowest BCUT2D eigenvalue weighted by Crippen LogP contribution is -2.30. The Labute approximate surface area is 157 Å². The van der Waals surface area contributed by atoms with Crippen LogP contribution in [-0.4, -0.2) is 34.7 Å². The third-order valence-corrected chi connectivity index (χ3v) is 3.96. The Morgan fingerprint density at radius 2 is 1.78 bits per heavy atom. The summed E-state index contributed by atoms with van der Waals surface area (Å²) in [6.45, 7) is 5.06. The second kappa shape index (κ2) is 9.28. The number of nitro benzene ring substituents is 1. The highest BCUT2D eigenvalue weighted by molar-refractivity contribution is 6.03. The van der Waals surface area contributed by atoms with Crippen LogP contribution in [0.15, 0.2) is 54.6 Å². The van der Waals surface area contributed by atoms with Crippen LogP contribution < -0.4 is 5.32 Å². The van der Waals surface area contributed by atoms with Crippen molar-refractivity contribution in [1.82, 2.24) is 4.90 Å². The molecule has 0 bridgehead atoms. The van der Waals surface area contributed by atoms with Crippen LogP contribution in [0.1, 0.15) is 29.8 Å². The minimum atomic E-state index is -0.479. The van der Waals surface area contributed by atoms with E-state index in [4.69, 9.17) is 0 Å². The van der Waals surface area contributed by atoms with E-state index < -0.39 is 4.92 Å². The SMILES string of the molecule is CCN(CC)C(=O)c1cccc(NC(=O)/C=C/c2ccc([N+](=O)[O-])cc2)c1. The first-order valence-electron chi connectivity index (χ1n) is 8.57. The molecule has 27 heavy (non-hydrogen) atoms. The molecule has 1 N–H and O–H groups in total. The van der Waals surface area contributed by atoms with Gasteiger partial charge < -0.3 is 10.2 Å². The van der Waals surface area contributed by atoms with Gasteiger partial charge in [-0.3, -0.25) is 19.7 Å². The van der Waals surface area contributed by atoms with Crippen molar-refractivity contribution in [2.24, 2.45) is 0 Å². The number of non-ortho nitro benzene ring substituents is 1. The number of amides is 2. The van der Waals surface area contributed by atoms with Gasteiger partial charge in [0.15, 0.2) is 0 Å². The summed E-state index contributed by atoms with van der Waals surface area (Å²) in [5, 5.41) is 13.3. The summed E-state index contributed by atoms with van der Waals surface area (Å²) in [5.41, 5.74) is 1.69. The number of carbonyl (C=O) groups excluding carboxylic acids is 2. The zero-order valence-corrected chi connectivity index (χ0v) is 15.2. The molecule has 140 valence electrons. The molecule has 2 rings (SSSR count). The summed E-state index contributed by atoms with van der Waals surface area (Å²) in [5.74, 6) is -0.446. The van der Waals surface area contributed by atoms with Crippen molar-refractivity contribution in [3.63, 3.8) is 0 Å². The molecule has 0 heterocycles. The molecule has 2 amide bonds. The van der Waals surface area contributed by atoms with Crippen molar-refractivity contribution in [3.8, 4) is 0 Å². The normalized spacial score (nSPS) is 10.6. The summed E-state index contributed by atoms with van der Waals surface area (Å²) in [6, 6.07) is 12.6. The van der Waals surface area contributed by atoms with Crippen molar-refractivity contribution in [2.45, 2.75) is 13.8 Å². The number of nitrogens with zero attached hydrogens (tertiary/aromatic N) is 2. The van der Waals surface area contributed by atoms with E-state index >= 15 is 0 Å². The highest BCUT2D eigenvalue weighted by Gasteiger charge is 2.12. The van der Waals surface area contributed by atoms with Crippen LogP contribution in [0, 0.1) is 10.1 Å². The van der Waals surface area contributed by atoms with Gasteiger partial charge in [-0.05, 0) is 55.8 Å². The van der Waals surface area contributed by atoms with Crippen LogP contribution in [0.4, 0.5) is 11.4 Å². The number of rotatable bonds is 7. The molecule has 0 aliphatic carbocycles. The molecule has 0 saturated heterocycles. The molecule has 0 aliphatic heterocycles. The topological polar surface area (TPSA) is 92.6 Å². The van der Waals surface area contributed by atoms with Crippen molar-refractivity contribution in [2.75, 3.05) is 18.4 Å². The summed E-state index contributed by atoms with van der Waals surface area (Å²) < 4.78 is 0. The van der Waals surface area contributed by atoms with E-state index in [9.17, 15) is 19.7 Å². The van der Waals surface area contributed by atoms with Crippen LogP contribution in [0.5, 0.6) is 0 Å². The molecule has 0 spiro atoms. The molecule has 0 saturated carbocycles. The van der Waals surface area contributed by atoms with Gasteiger partial charge in [-0.15, -0.1) is 0 Å². The monoisotopic (exact) mass is 367 g/mol. The molecule has 0 radical (unpaired) electrons. The third-order valence-electron chi connectivity index (χ3n) is 3.96. The van der Waals surface area contributed by atoms with Gasteiger partial charge in [-0.2, -0.15) is 0 Å². The van der Waals surface area contributed by atoms with Gasteiger partial charge in [0.05, 0.1) is 4.92 Å². The Hall–Kier alpha value is -3.48. The maximum absolute atomic E-state index is 12.4. The Morgan fingerprint density at radius 1 is 1.11 bits per heavy atom. The quantitative estimate of drug-likeness (QED) is 0.458. The highest BCUT2D eigenvalue weighted by Crippen LogP contribution is 2.15. The smallest absolute Gasteiger partial charge is 0.269 e. The van der Waals surface area contributed by atoms with Gasteiger partial charge in [-0.25, -0.2) is 0 Å². The van der Waals surface area contributed by atoms with Crippen molar-refractivity contribution >= 4 is 29.3 Å². The fourth-order valence-corrected chi connectivity index (χ4v) is 2.49. The zero-order chi connectivity index (χ0) is 19.8. The largest absolute Gasteiger partial charge is 0.339 e. The fourth-order valence-electron chi connectivity index (χ4n) is 2.49. The van der Waals surface area contributed by atoms with Crippen LogP contribution in [-0.2, 0) is 4.79 Å². The Balaban J connectivity index is 2.04. The molecule has 0 aliphatic rings. The van der Waals surface area contributed by atoms with E-state index in [0.29, 0.717) is 29.9 Å². The average Bonchev–Trinajstić information content (AvgIpc) is 2.67. The predicted molar refractivity (Wildman–Crippen MR) is 104 cm³/mol. The average molecular weight is 367 g/mol. The maximum Gasteiger partial charge on any atom is 0.269 e. The zero-order valence-electron chi connectivity index (χ0n) is 15.2. The van der Waals surface area contributed by atoms with E-state index in [-0.39, 0.29) is 17.5 Å². The fraction of sp³-hybridized carbons (Fsp3) is 0.200. The molecular weight excluding hydrogens is 346 g/mol. The second-order valence-corrected chi connectivity index (χ2v) is 5.73. The summed E-state index contributed by atoms with van der Waals surface area (Å²) in [4.78, 5) is 36.3. The molecule has 7 heteroatoms. The minimum absolute atomic E-state index is 0.00807. The number of hydrogen-bond acceptors (Lipinski definition) is 4. The third kappa shape index (κ3) is 5.50. The predicted octanol–water partition coefficient (Wildman–Crippen LogP) is 3.73. The van der Waals surface area contributed by atoms with E-state index in [2.05, 4.69) is 5.32 Å². The van der Waals surface area contributed by atoms with Gasteiger partial charge in [0, 0.05) is 42.5 Å². The Bertz CT molecular complexity index is 856. The number of anilines is 1. The van der Waals surface area contributed by atoms with Gasteiger partial charge in [0.25, 0.3) is 11.6 Å². The molecule has 7 nitrogen and oxygen atoms in total. The van der Waals surface area contributed by atoms with E-state index in [1.807, 2.05) is 13.8 Å².